The minimum Gasteiger partial charge on any atom is -0.497 e. The third-order valence-corrected chi connectivity index (χ3v) is 19.6. The summed E-state index contributed by atoms with van der Waals surface area (Å²) in [4.78, 5) is 33.6. The first kappa shape index (κ1) is 49.3. The number of amides is 2. The molecule has 1 saturated heterocycles. The van der Waals surface area contributed by atoms with Gasteiger partial charge in [-0.15, -0.1) is 5.10 Å². The van der Waals surface area contributed by atoms with Crippen molar-refractivity contribution in [2.45, 2.75) is 94.9 Å². The summed E-state index contributed by atoms with van der Waals surface area (Å²) in [5.74, 6) is 0.893. The van der Waals surface area contributed by atoms with Crippen molar-refractivity contribution in [2.75, 3.05) is 43.3 Å². The van der Waals surface area contributed by atoms with E-state index >= 15 is 4.79 Å². The number of hydrogen-bond acceptors (Lipinski definition) is 10. The molecule has 0 bridgehead atoms. The Bertz CT molecular complexity index is 2790. The zero-order valence-corrected chi connectivity index (χ0v) is 43.1. The van der Waals surface area contributed by atoms with E-state index in [1.807, 2.05) is 120 Å². The van der Waals surface area contributed by atoms with Crippen LogP contribution in [-0.2, 0) is 39.4 Å². The Morgan fingerprint density at radius 1 is 0.929 bits per heavy atom. The summed E-state index contributed by atoms with van der Waals surface area (Å²) in [7, 11) is -0.761. The summed E-state index contributed by atoms with van der Waals surface area (Å²) in [5.41, 5.74) is 5.52. The predicted octanol–water partition coefficient (Wildman–Crippen LogP) is 8.38. The highest BCUT2D eigenvalue weighted by atomic mass is 79.9. The normalized spacial score (nSPS) is 21.3. The number of aromatic nitrogens is 3. The van der Waals surface area contributed by atoms with Crippen LogP contribution in [0.25, 0.3) is 0 Å². The quantitative estimate of drug-likeness (QED) is 0.0534. The number of rotatable bonds is 19. The first-order valence-electron chi connectivity index (χ1n) is 24.4. The van der Waals surface area contributed by atoms with E-state index in [-0.39, 0.29) is 48.5 Å². The van der Waals surface area contributed by atoms with Crippen LogP contribution < -0.4 is 29.8 Å². The molecule has 3 aliphatic rings. The molecule has 3 N–H and O–H groups in total. The smallest absolute Gasteiger partial charge is 0.264 e. The zero-order valence-electron chi connectivity index (χ0n) is 40.6. The van der Waals surface area contributed by atoms with Gasteiger partial charge in [-0.05, 0) is 122 Å². The summed E-state index contributed by atoms with van der Waals surface area (Å²) in [6.07, 6.45) is 4.14. The van der Waals surface area contributed by atoms with Gasteiger partial charge in [0, 0.05) is 41.0 Å². The second kappa shape index (κ2) is 21.0. The molecular weight excluding hydrogens is 965 g/mol. The van der Waals surface area contributed by atoms with Gasteiger partial charge in [-0.2, -0.15) is 0 Å². The van der Waals surface area contributed by atoms with E-state index in [0.717, 1.165) is 61.7 Å². The lowest BCUT2D eigenvalue weighted by Gasteiger charge is -2.37. The molecule has 70 heavy (non-hydrogen) atoms. The van der Waals surface area contributed by atoms with Crippen molar-refractivity contribution in [1.82, 2.24) is 20.3 Å². The van der Waals surface area contributed by atoms with Crippen LogP contribution >= 0.6 is 15.9 Å². The fourth-order valence-corrected chi connectivity index (χ4v) is 15.7. The molecule has 2 amide bonds. The number of anilines is 3. The maximum absolute atomic E-state index is 15.7. The van der Waals surface area contributed by atoms with Crippen molar-refractivity contribution >= 4 is 58.1 Å². The molecular formula is C55H63BrN6O7Si. The van der Waals surface area contributed by atoms with Crippen molar-refractivity contribution in [2.24, 2.45) is 5.92 Å². The number of benzene rings is 5. The molecule has 4 heterocycles. The maximum atomic E-state index is 15.7. The van der Waals surface area contributed by atoms with Gasteiger partial charge >= 0.3 is 0 Å². The molecule has 5 aromatic carbocycles. The summed E-state index contributed by atoms with van der Waals surface area (Å²) in [6.45, 7) is 10.9. The molecule has 6 atom stereocenters. The van der Waals surface area contributed by atoms with Gasteiger partial charge < -0.3 is 34.6 Å². The highest BCUT2D eigenvalue weighted by molar-refractivity contribution is 9.10. The topological polar surface area (TPSA) is 152 Å². The fraction of sp³-hybridized carbons (Fsp3) is 0.382. The molecule has 9 rings (SSSR count). The van der Waals surface area contributed by atoms with E-state index in [0.29, 0.717) is 51.2 Å². The van der Waals surface area contributed by atoms with E-state index < -0.39 is 19.7 Å². The highest BCUT2D eigenvalue weighted by Crippen LogP contribution is 2.60. The van der Waals surface area contributed by atoms with E-state index in [4.69, 9.17) is 14.2 Å². The van der Waals surface area contributed by atoms with Crippen LogP contribution in [0.3, 0.4) is 0 Å². The number of aliphatic hydroxyl groups excluding tert-OH is 2. The third-order valence-electron chi connectivity index (χ3n) is 14.8. The molecule has 1 fully saturated rings. The summed E-state index contributed by atoms with van der Waals surface area (Å²) >= 11 is 3.76. The summed E-state index contributed by atoms with van der Waals surface area (Å²) < 4.78 is 21.6. The standard InChI is InChI=1S/C55H63BrN6O7Si/c1-6-68-43-21-25-49-39(30-43)31-47(57-27-10-11-29-63)53(65)62(49)41-17-14-37(15-18-41)33-61-50-24-16-40(56)32-46(50)55(54(61)66)36(2)52(70(4,5)44-22-19-42(67-3)20-23-44)51(69-55)26-28-60-34-48(58-59-60)45(35-64)38-12-8-7-9-13-38/h7-9,12-25,30,32,34,36,45,47,51-52,57,63-64H,6,10-11,26-29,31,33,35H2,1-5H3/t36-,45?,47?,51+,52-,55+/m1/s1. The Balaban J connectivity index is 1.02. The molecule has 0 radical (unpaired) electrons. The Morgan fingerprint density at radius 2 is 1.67 bits per heavy atom. The molecule has 0 aliphatic carbocycles. The maximum Gasteiger partial charge on any atom is 0.264 e. The number of carbonyl (C=O) groups is 2. The van der Waals surface area contributed by atoms with Crippen LogP contribution in [0.1, 0.15) is 67.0 Å². The van der Waals surface area contributed by atoms with Crippen LogP contribution in [0, 0.1) is 5.92 Å². The number of aryl methyl sites for hydroxylation is 1. The SMILES string of the molecule is CCOc1ccc2c(c1)CC(NCCCCO)C(=O)N2c1ccc(CN2C(=O)[C@@]3(O[C@@H](CCn4cc(C(CO)c5ccccc5)nn4)[C@H]([Si](C)(C)c4ccc(OC)cc4)[C@H]3C)c3cc(Br)ccc32)cc1. The molecule has 13 nitrogen and oxygen atoms in total. The predicted molar refractivity (Wildman–Crippen MR) is 278 cm³/mol. The van der Waals surface area contributed by atoms with Crippen molar-refractivity contribution in [3.8, 4) is 11.5 Å². The molecule has 15 heteroatoms. The number of fused-ring (bicyclic) bond motifs is 3. The minimum atomic E-state index is -2.44. The molecule has 366 valence electrons. The average Bonchev–Trinajstić information content (AvgIpc) is 4.03. The second-order valence-electron chi connectivity index (χ2n) is 19.3. The van der Waals surface area contributed by atoms with Gasteiger partial charge in [0.05, 0.1) is 70.1 Å². The van der Waals surface area contributed by atoms with Gasteiger partial charge in [-0.3, -0.25) is 19.2 Å². The molecule has 2 unspecified atom stereocenters. The lowest BCUT2D eigenvalue weighted by molar-refractivity contribution is -0.146. The average molecular weight is 1030 g/mol. The Hall–Kier alpha value is -5.68. The highest BCUT2D eigenvalue weighted by Gasteiger charge is 2.66. The summed E-state index contributed by atoms with van der Waals surface area (Å²) in [5, 5.41) is 33.5. The van der Waals surface area contributed by atoms with Gasteiger partial charge in [0.25, 0.3) is 5.91 Å². The van der Waals surface area contributed by atoms with Crippen LogP contribution in [0.2, 0.25) is 18.6 Å². The number of hydrogen-bond donors (Lipinski definition) is 3. The first-order chi connectivity index (χ1) is 33.9. The number of aliphatic hydroxyl groups is 2. The first-order valence-corrected chi connectivity index (χ1v) is 28.3. The number of halogens is 1. The summed E-state index contributed by atoms with van der Waals surface area (Å²) in [6, 6.07) is 37.6. The van der Waals surface area contributed by atoms with Crippen molar-refractivity contribution in [3.05, 3.63) is 154 Å². The van der Waals surface area contributed by atoms with E-state index in [1.165, 1.54) is 5.19 Å². The van der Waals surface area contributed by atoms with Gasteiger partial charge in [0.1, 0.15) is 11.5 Å². The Kier molecular flexibility index (Phi) is 14.8. The molecule has 6 aromatic rings. The van der Waals surface area contributed by atoms with Gasteiger partial charge in [0.2, 0.25) is 5.91 Å². The number of unbranched alkanes of at least 4 members (excludes halogenated alkanes) is 1. The number of carbonyl (C=O) groups excluding carboxylic acids is 2. The molecule has 1 spiro atoms. The largest absolute Gasteiger partial charge is 0.497 e. The zero-order chi connectivity index (χ0) is 49.2. The number of methoxy groups -OCH3 is 1. The molecule has 3 aliphatic heterocycles. The molecule has 1 aromatic heterocycles. The van der Waals surface area contributed by atoms with Crippen LogP contribution in [0.5, 0.6) is 11.5 Å². The van der Waals surface area contributed by atoms with Gasteiger partial charge in [0.15, 0.2) is 5.60 Å². The Morgan fingerprint density at radius 3 is 2.39 bits per heavy atom. The van der Waals surface area contributed by atoms with Gasteiger partial charge in [-0.25, -0.2) is 0 Å². The van der Waals surface area contributed by atoms with E-state index in [1.54, 1.807) is 12.0 Å². The number of nitrogens with zero attached hydrogens (tertiary/aromatic N) is 5. The van der Waals surface area contributed by atoms with Crippen LogP contribution in [0.4, 0.5) is 17.1 Å². The Labute approximate surface area is 419 Å². The monoisotopic (exact) mass is 1030 g/mol. The lowest BCUT2D eigenvalue weighted by Crippen LogP contribution is -2.51. The molecule has 0 saturated carbocycles. The van der Waals surface area contributed by atoms with Crippen molar-refractivity contribution < 1.29 is 34.0 Å². The second-order valence-corrected chi connectivity index (χ2v) is 24.9. The number of nitrogens with one attached hydrogen (secondary N) is 1. The van der Waals surface area contributed by atoms with Crippen LogP contribution in [-0.4, -0.2) is 90.7 Å². The number of ether oxygens (including phenoxy) is 3. The van der Waals surface area contributed by atoms with Crippen LogP contribution in [0.15, 0.2) is 126 Å². The fourth-order valence-electron chi connectivity index (χ4n) is 11.3. The van der Waals surface area contributed by atoms with E-state index in [2.05, 4.69) is 69.8 Å². The van der Waals surface area contributed by atoms with Crippen molar-refractivity contribution in [1.29, 1.82) is 0 Å². The lowest BCUT2D eigenvalue weighted by atomic mass is 9.82. The minimum absolute atomic E-state index is 0.0102. The van der Waals surface area contributed by atoms with Gasteiger partial charge in [-0.1, -0.05) is 101 Å². The van der Waals surface area contributed by atoms with Crippen molar-refractivity contribution in [3.63, 3.8) is 0 Å². The van der Waals surface area contributed by atoms with E-state index in [9.17, 15) is 15.0 Å². The third kappa shape index (κ3) is 9.35.